The van der Waals surface area contributed by atoms with Crippen LogP contribution in [0.15, 0.2) is 84.9 Å². The molecule has 0 aliphatic carbocycles. The number of hydrogen-bond donors (Lipinski definition) is 0. The molecule has 2 unspecified atom stereocenters. The van der Waals surface area contributed by atoms with E-state index in [9.17, 15) is 4.57 Å². The summed E-state index contributed by atoms with van der Waals surface area (Å²) in [6.45, 7) is 0. The first kappa shape index (κ1) is 32.7. The molecule has 4 aromatic carbocycles. The van der Waals surface area contributed by atoms with Gasteiger partial charge in [-0.25, -0.2) is 0 Å². The van der Waals surface area contributed by atoms with Gasteiger partial charge in [0.15, 0.2) is 12.3 Å². The number of hydrogen-bond acceptors (Lipinski definition) is 7. The van der Waals surface area contributed by atoms with Crippen LogP contribution in [0.25, 0.3) is 0 Å². The molecular formula is C36H42O7P+. The first-order valence-electron chi connectivity index (χ1n) is 14.5. The Morgan fingerprint density at radius 3 is 1.23 bits per heavy atom. The fourth-order valence-corrected chi connectivity index (χ4v) is 7.65. The lowest BCUT2D eigenvalue weighted by Crippen LogP contribution is -2.22. The molecule has 0 aliphatic rings. The first-order chi connectivity index (χ1) is 21.5. The molecule has 7 nitrogen and oxygen atoms in total. The number of benzene rings is 4. The van der Waals surface area contributed by atoms with Gasteiger partial charge in [0.05, 0.1) is 48.2 Å². The maximum absolute atomic E-state index is 14.2. The highest BCUT2D eigenvalue weighted by atomic mass is 31.1. The minimum absolute atomic E-state index is 0.0358. The van der Waals surface area contributed by atoms with Gasteiger partial charge in [0.2, 0.25) is 0 Å². The van der Waals surface area contributed by atoms with Crippen LogP contribution < -0.4 is 28.4 Å². The smallest absolute Gasteiger partial charge is 0.344 e. The third-order valence-corrected chi connectivity index (χ3v) is 9.52. The van der Waals surface area contributed by atoms with Gasteiger partial charge in [-0.3, -0.25) is 0 Å². The predicted molar refractivity (Wildman–Crippen MR) is 175 cm³/mol. The minimum atomic E-state index is -1.73. The molecule has 4 aromatic rings. The Balaban J connectivity index is 1.82. The summed E-state index contributed by atoms with van der Waals surface area (Å²) in [7, 11) is 8.19. The summed E-state index contributed by atoms with van der Waals surface area (Å²) >= 11 is 0. The Morgan fingerprint density at radius 2 is 0.864 bits per heavy atom. The van der Waals surface area contributed by atoms with Crippen molar-refractivity contribution in [2.75, 3.05) is 48.8 Å². The van der Waals surface area contributed by atoms with Gasteiger partial charge in [0, 0.05) is 17.0 Å². The Hall–Kier alpha value is -4.22. The maximum atomic E-state index is 14.2. The van der Waals surface area contributed by atoms with E-state index in [2.05, 4.69) is 12.1 Å². The Bertz CT molecular complexity index is 1400. The van der Waals surface area contributed by atoms with Crippen molar-refractivity contribution in [2.24, 2.45) is 5.92 Å². The van der Waals surface area contributed by atoms with Crippen LogP contribution in [-0.4, -0.2) is 48.8 Å². The summed E-state index contributed by atoms with van der Waals surface area (Å²) in [5.41, 5.74) is 3.83. The normalized spacial score (nSPS) is 11.9. The molecule has 4 rings (SSSR count). The molecule has 0 aromatic heterocycles. The Labute approximate surface area is 261 Å². The lowest BCUT2D eigenvalue weighted by molar-refractivity contribution is 0.355. The van der Waals surface area contributed by atoms with E-state index in [-0.39, 0.29) is 11.8 Å². The van der Waals surface area contributed by atoms with Crippen molar-refractivity contribution in [1.29, 1.82) is 0 Å². The molecule has 0 aliphatic heterocycles. The number of ether oxygens (including phenoxy) is 6. The van der Waals surface area contributed by atoms with Gasteiger partial charge in [-0.1, -0.05) is 53.1 Å². The average Bonchev–Trinajstić information content (AvgIpc) is 3.07. The van der Waals surface area contributed by atoms with Crippen LogP contribution in [-0.2, 0) is 23.6 Å². The molecule has 0 heterocycles. The second kappa shape index (κ2) is 16.0. The zero-order valence-electron chi connectivity index (χ0n) is 26.4. The van der Waals surface area contributed by atoms with Crippen LogP contribution in [0.4, 0.5) is 0 Å². The highest BCUT2D eigenvalue weighted by molar-refractivity contribution is 7.43. The van der Waals surface area contributed by atoms with Gasteiger partial charge in [-0.15, -0.1) is 0 Å². The highest BCUT2D eigenvalue weighted by Crippen LogP contribution is 2.45. The van der Waals surface area contributed by atoms with E-state index in [4.69, 9.17) is 28.4 Å². The predicted octanol–water partition coefficient (Wildman–Crippen LogP) is 7.95. The molecule has 0 amide bonds. The Morgan fingerprint density at radius 1 is 0.500 bits per heavy atom. The van der Waals surface area contributed by atoms with E-state index in [1.54, 1.807) is 42.7 Å². The SMILES string of the molecule is COc1cccc(OC)c1CC(Cc1c(OC)cccc1OC)C(C[P+](=O)Cc1c(OC)cccc1OC)c1ccccc1. The van der Waals surface area contributed by atoms with Crippen molar-refractivity contribution in [3.63, 3.8) is 0 Å². The molecule has 44 heavy (non-hydrogen) atoms. The molecule has 0 radical (unpaired) electrons. The quantitative estimate of drug-likeness (QED) is 0.118. The molecule has 0 bridgehead atoms. The third kappa shape index (κ3) is 7.64. The van der Waals surface area contributed by atoms with E-state index in [1.165, 1.54) is 0 Å². The van der Waals surface area contributed by atoms with Crippen molar-refractivity contribution >= 4 is 7.80 Å². The van der Waals surface area contributed by atoms with Crippen LogP contribution in [0.2, 0.25) is 0 Å². The summed E-state index contributed by atoms with van der Waals surface area (Å²) < 4.78 is 48.7. The Kier molecular flexibility index (Phi) is 11.9. The van der Waals surface area contributed by atoms with Crippen molar-refractivity contribution in [3.8, 4) is 34.5 Å². The molecule has 232 valence electrons. The highest BCUT2D eigenvalue weighted by Gasteiger charge is 2.35. The van der Waals surface area contributed by atoms with Crippen LogP contribution in [0.5, 0.6) is 34.5 Å². The summed E-state index contributed by atoms with van der Waals surface area (Å²) in [5, 5.41) is 0. The van der Waals surface area contributed by atoms with Crippen LogP contribution in [0.1, 0.15) is 28.2 Å². The topological polar surface area (TPSA) is 72.5 Å². The van der Waals surface area contributed by atoms with E-state index in [1.807, 2.05) is 72.8 Å². The van der Waals surface area contributed by atoms with E-state index >= 15 is 0 Å². The molecule has 0 saturated carbocycles. The average molecular weight is 618 g/mol. The second-order valence-corrected chi connectivity index (χ2v) is 12.1. The molecule has 0 fully saturated rings. The van der Waals surface area contributed by atoms with Gasteiger partial charge in [-0.2, -0.15) is 0 Å². The molecular weight excluding hydrogens is 575 g/mol. The van der Waals surface area contributed by atoms with Crippen molar-refractivity contribution in [2.45, 2.75) is 24.9 Å². The first-order valence-corrected chi connectivity index (χ1v) is 16.2. The third-order valence-electron chi connectivity index (χ3n) is 8.05. The molecule has 2 atom stereocenters. The largest absolute Gasteiger partial charge is 0.496 e. The van der Waals surface area contributed by atoms with E-state index in [0.717, 1.165) is 45.3 Å². The summed E-state index contributed by atoms with van der Waals surface area (Å²) in [5.74, 6) is 4.19. The van der Waals surface area contributed by atoms with Crippen LogP contribution >= 0.6 is 7.80 Å². The fraction of sp³-hybridized carbons (Fsp3) is 0.333. The van der Waals surface area contributed by atoms with Gasteiger partial charge in [-0.05, 0) is 60.7 Å². The van der Waals surface area contributed by atoms with Gasteiger partial charge in [0.25, 0.3) is 0 Å². The molecule has 0 N–H and O–H groups in total. The van der Waals surface area contributed by atoms with Gasteiger partial charge in [0.1, 0.15) is 34.5 Å². The summed E-state index contributed by atoms with van der Waals surface area (Å²) in [6, 6.07) is 27.6. The van der Waals surface area contributed by atoms with Crippen LogP contribution in [0, 0.1) is 5.92 Å². The summed E-state index contributed by atoms with van der Waals surface area (Å²) in [6.07, 6.45) is 1.99. The zero-order valence-corrected chi connectivity index (χ0v) is 27.3. The monoisotopic (exact) mass is 617 g/mol. The lowest BCUT2D eigenvalue weighted by Gasteiger charge is -2.28. The van der Waals surface area contributed by atoms with Crippen molar-refractivity contribution < 1.29 is 33.0 Å². The zero-order chi connectivity index (χ0) is 31.5. The molecule has 8 heteroatoms. The summed E-state index contributed by atoms with van der Waals surface area (Å²) in [4.78, 5) is 0. The maximum Gasteiger partial charge on any atom is 0.344 e. The van der Waals surface area contributed by atoms with Crippen molar-refractivity contribution in [1.82, 2.24) is 0 Å². The van der Waals surface area contributed by atoms with Gasteiger partial charge < -0.3 is 28.4 Å². The minimum Gasteiger partial charge on any atom is -0.496 e. The number of methoxy groups -OCH3 is 6. The second-order valence-electron chi connectivity index (χ2n) is 10.4. The van der Waals surface area contributed by atoms with E-state index < -0.39 is 7.80 Å². The standard InChI is InChI=1S/C36H42O7P/c1-38-31-15-10-16-32(39-2)27(31)21-26(22-28-33(40-3)17-11-18-34(28)41-4)29(25-13-8-7-9-14-25)23-44(37)24-30-35(42-5)19-12-20-36(30)43-6/h7-20,26,29H,21-24H2,1-6H3/q+1. The molecule has 0 spiro atoms. The fourth-order valence-electron chi connectivity index (χ4n) is 5.91. The van der Waals surface area contributed by atoms with Gasteiger partial charge >= 0.3 is 7.80 Å². The lowest BCUT2D eigenvalue weighted by atomic mass is 9.79. The van der Waals surface area contributed by atoms with Crippen LogP contribution in [0.3, 0.4) is 0 Å². The van der Waals surface area contributed by atoms with Crippen molar-refractivity contribution in [3.05, 3.63) is 107 Å². The van der Waals surface area contributed by atoms with E-state index in [0.29, 0.717) is 36.7 Å². The number of rotatable bonds is 16. The molecule has 0 saturated heterocycles.